The van der Waals surface area contributed by atoms with Gasteiger partial charge in [0, 0.05) is 81.4 Å². The first-order chi connectivity index (χ1) is 10.2. The maximum Gasteiger partial charge on any atom is 0.0369 e. The summed E-state index contributed by atoms with van der Waals surface area (Å²) in [6.07, 6.45) is 2.68. The van der Waals surface area contributed by atoms with Crippen LogP contribution in [-0.2, 0) is 0 Å². The number of piperazine rings is 1. The number of halogens is 3. The van der Waals surface area contributed by atoms with Gasteiger partial charge in [0.2, 0.25) is 0 Å². The van der Waals surface area contributed by atoms with Crippen LogP contribution in [0.2, 0.25) is 0 Å². The fraction of sp³-hybridized carbons (Fsp3) is 1.00. The topological polar surface area (TPSA) is 39.3 Å². The normalized spacial score (nSPS) is 46.4. The predicted molar refractivity (Wildman–Crippen MR) is 114 cm³/mol. The lowest BCUT2D eigenvalue weighted by Gasteiger charge is -2.47. The van der Waals surface area contributed by atoms with Gasteiger partial charge in [0.15, 0.2) is 0 Å². The molecule has 0 bridgehead atoms. The van der Waals surface area contributed by atoms with E-state index in [1.54, 1.807) is 0 Å². The Bertz CT molecular complexity index is 346. The van der Waals surface area contributed by atoms with Gasteiger partial charge < -0.3 is 16.0 Å². The van der Waals surface area contributed by atoms with Crippen LogP contribution in [0.1, 0.15) is 12.8 Å². The Morgan fingerprint density at radius 2 is 1.76 bits per heavy atom. The maximum absolute atomic E-state index is 3.80. The maximum atomic E-state index is 3.80. The zero-order valence-corrected chi connectivity index (χ0v) is 18.7. The van der Waals surface area contributed by atoms with E-state index >= 15 is 0 Å². The van der Waals surface area contributed by atoms with E-state index in [1.807, 2.05) is 0 Å². The van der Waals surface area contributed by atoms with Crippen molar-refractivity contribution < 1.29 is 0 Å². The lowest BCUT2D eigenvalue weighted by molar-refractivity contribution is 0.158. The molecule has 0 radical (unpaired) electrons. The van der Waals surface area contributed by atoms with Crippen molar-refractivity contribution in [2.75, 3.05) is 39.3 Å². The highest BCUT2D eigenvalue weighted by Crippen LogP contribution is 2.35. The number of hydrogen-bond acceptors (Lipinski definition) is 4. The van der Waals surface area contributed by atoms with E-state index in [-0.39, 0.29) is 0 Å². The molecule has 0 saturated carbocycles. The van der Waals surface area contributed by atoms with Gasteiger partial charge in [-0.2, -0.15) is 0 Å². The van der Waals surface area contributed by atoms with Gasteiger partial charge in [0.1, 0.15) is 0 Å². The minimum Gasteiger partial charge on any atom is -0.316 e. The van der Waals surface area contributed by atoms with Crippen LogP contribution in [0.15, 0.2) is 0 Å². The predicted octanol–water partition coefficient (Wildman–Crippen LogP) is 1.81. The van der Waals surface area contributed by atoms with Crippen molar-refractivity contribution in [2.24, 2.45) is 11.8 Å². The third-order valence-electron chi connectivity index (χ3n) is 5.18. The van der Waals surface area contributed by atoms with E-state index in [0.29, 0.717) is 12.1 Å². The summed E-state index contributed by atoms with van der Waals surface area (Å²) in [5.74, 6) is 1.53. The van der Waals surface area contributed by atoms with Gasteiger partial charge in [-0.25, -0.2) is 3.11 Å². The molecule has 21 heavy (non-hydrogen) atoms. The first kappa shape index (κ1) is 17.8. The van der Waals surface area contributed by atoms with Crippen molar-refractivity contribution in [3.05, 3.63) is 0 Å². The van der Waals surface area contributed by atoms with E-state index in [0.717, 1.165) is 32.8 Å². The van der Waals surface area contributed by atoms with Crippen LogP contribution in [0.5, 0.6) is 0 Å². The number of nitrogens with one attached hydrogen (secondary N) is 3. The second kappa shape index (κ2) is 8.41. The molecule has 3 aliphatic rings. The molecule has 0 spiro atoms. The van der Waals surface area contributed by atoms with Gasteiger partial charge >= 0.3 is 0 Å². The summed E-state index contributed by atoms with van der Waals surface area (Å²) in [6, 6.07) is 1.38. The van der Waals surface area contributed by atoms with Crippen molar-refractivity contribution >= 4 is 68.0 Å². The molecule has 0 aliphatic carbocycles. The molecule has 3 fully saturated rings. The number of hydrogen-bond donors (Lipinski definition) is 3. The molecule has 4 nitrogen and oxygen atoms in total. The van der Waals surface area contributed by atoms with Crippen LogP contribution in [0.4, 0.5) is 0 Å². The van der Waals surface area contributed by atoms with Crippen molar-refractivity contribution in [3.8, 4) is 0 Å². The molecule has 3 aliphatic heterocycles. The molecule has 0 amide bonds. The van der Waals surface area contributed by atoms with Crippen molar-refractivity contribution in [3.63, 3.8) is 0 Å². The monoisotopic (exact) mass is 630 g/mol. The molecule has 122 valence electrons. The summed E-state index contributed by atoms with van der Waals surface area (Å²) in [5.41, 5.74) is 0. The van der Waals surface area contributed by atoms with Crippen molar-refractivity contribution in [1.29, 1.82) is 0 Å². The fourth-order valence-electron chi connectivity index (χ4n) is 3.96. The van der Waals surface area contributed by atoms with Gasteiger partial charge in [-0.05, 0) is 25.3 Å². The molecule has 0 aromatic heterocycles. The Hall–Kier alpha value is 2.03. The SMILES string of the molecule is IC1CCNC(C2CNCC(C3CNCCN3I)C2I)C1. The van der Waals surface area contributed by atoms with Crippen LogP contribution >= 0.6 is 68.0 Å². The second-order valence-electron chi connectivity index (χ2n) is 6.51. The summed E-state index contributed by atoms with van der Waals surface area (Å²) >= 11 is 7.95. The van der Waals surface area contributed by atoms with Gasteiger partial charge in [0.05, 0.1) is 0 Å². The molecule has 3 saturated heterocycles. The van der Waals surface area contributed by atoms with E-state index < -0.39 is 0 Å². The standard InChI is InChI=1S/C14H25I3N4/c15-9-1-2-20-12(5-9)10-6-19-7-11(14(10)16)13-8-18-3-4-21(13)17/h9-14,18-20H,1-8H2. The lowest BCUT2D eigenvalue weighted by atomic mass is 9.79. The molecular formula is C14H25I3N4. The Morgan fingerprint density at radius 3 is 2.52 bits per heavy atom. The highest BCUT2D eigenvalue weighted by Gasteiger charge is 2.42. The van der Waals surface area contributed by atoms with Crippen LogP contribution in [-0.4, -0.2) is 62.3 Å². The average molecular weight is 630 g/mol. The molecule has 3 rings (SSSR count). The van der Waals surface area contributed by atoms with Crippen molar-refractivity contribution in [2.45, 2.75) is 32.8 Å². The fourth-order valence-corrected chi connectivity index (χ4v) is 7.16. The van der Waals surface area contributed by atoms with E-state index in [4.69, 9.17) is 0 Å². The van der Waals surface area contributed by atoms with Gasteiger partial charge in [-0.3, -0.25) is 0 Å². The highest BCUT2D eigenvalue weighted by atomic mass is 127. The van der Waals surface area contributed by atoms with Crippen LogP contribution in [0, 0.1) is 11.8 Å². The third kappa shape index (κ3) is 4.36. The molecule has 0 aromatic carbocycles. The van der Waals surface area contributed by atoms with Crippen LogP contribution < -0.4 is 16.0 Å². The number of nitrogens with zero attached hydrogens (tertiary/aromatic N) is 1. The summed E-state index contributed by atoms with van der Waals surface area (Å²) < 4.78 is 4.17. The molecule has 0 aromatic rings. The molecule has 3 N–H and O–H groups in total. The number of piperidine rings is 2. The lowest BCUT2D eigenvalue weighted by Crippen LogP contribution is -2.61. The van der Waals surface area contributed by atoms with Gasteiger partial charge in [-0.1, -0.05) is 45.2 Å². The van der Waals surface area contributed by atoms with Crippen molar-refractivity contribution in [1.82, 2.24) is 19.1 Å². The third-order valence-corrected chi connectivity index (χ3v) is 9.36. The highest BCUT2D eigenvalue weighted by molar-refractivity contribution is 14.1. The first-order valence-electron chi connectivity index (χ1n) is 8.02. The smallest absolute Gasteiger partial charge is 0.0369 e. The van der Waals surface area contributed by atoms with Crippen LogP contribution in [0.3, 0.4) is 0 Å². The minimum absolute atomic E-state index is 0.676. The van der Waals surface area contributed by atoms with E-state index in [1.165, 1.54) is 39.0 Å². The average Bonchev–Trinajstić information content (AvgIpc) is 2.48. The minimum atomic E-state index is 0.676. The number of alkyl halides is 2. The van der Waals surface area contributed by atoms with Gasteiger partial charge in [0.25, 0.3) is 0 Å². The summed E-state index contributed by atoms with van der Waals surface area (Å²) in [6.45, 7) is 7.02. The van der Waals surface area contributed by atoms with Crippen LogP contribution in [0.25, 0.3) is 0 Å². The molecule has 7 heteroatoms. The number of rotatable bonds is 2. The van der Waals surface area contributed by atoms with E-state index in [9.17, 15) is 0 Å². The molecule has 6 unspecified atom stereocenters. The Balaban J connectivity index is 1.66. The Labute approximate surface area is 169 Å². The summed E-state index contributed by atoms with van der Waals surface area (Å²) in [7, 11) is 0. The second-order valence-corrected chi connectivity index (χ2v) is 10.9. The summed E-state index contributed by atoms with van der Waals surface area (Å²) in [4.78, 5) is 0. The zero-order valence-electron chi connectivity index (χ0n) is 12.2. The largest absolute Gasteiger partial charge is 0.316 e. The Kier molecular flexibility index (Phi) is 7.15. The van der Waals surface area contributed by atoms with E-state index in [2.05, 4.69) is 87.1 Å². The quantitative estimate of drug-likeness (QED) is 0.248. The molecular weight excluding hydrogens is 605 g/mol. The molecule has 6 atom stereocenters. The zero-order chi connectivity index (χ0) is 14.8. The van der Waals surface area contributed by atoms with Gasteiger partial charge in [-0.15, -0.1) is 0 Å². The Morgan fingerprint density at radius 1 is 0.952 bits per heavy atom. The summed E-state index contributed by atoms with van der Waals surface area (Å²) in [5, 5.41) is 11.1. The first-order valence-corrected chi connectivity index (χ1v) is 11.5. The molecule has 3 heterocycles.